The van der Waals surface area contributed by atoms with E-state index in [9.17, 15) is 0 Å². The molecule has 0 radical (unpaired) electrons. The summed E-state index contributed by atoms with van der Waals surface area (Å²) in [5, 5.41) is 3.35. The summed E-state index contributed by atoms with van der Waals surface area (Å²) in [6.07, 6.45) is 5.69. The quantitative estimate of drug-likeness (QED) is 0.837. The van der Waals surface area contributed by atoms with Crippen molar-refractivity contribution in [3.05, 3.63) is 60.1 Å². The minimum absolute atomic E-state index is 0.797. The van der Waals surface area contributed by atoms with E-state index in [2.05, 4.69) is 24.4 Å². The molecule has 0 aliphatic rings. The number of benzene rings is 1. The van der Waals surface area contributed by atoms with Crippen LogP contribution < -0.4 is 5.32 Å². The largest absolute Gasteiger partial charge is 0.465 e. The molecule has 0 atom stereocenters. The van der Waals surface area contributed by atoms with Crippen LogP contribution in [0, 0.1) is 6.92 Å². The molecule has 0 fully saturated rings. The van der Waals surface area contributed by atoms with Crippen molar-refractivity contribution in [1.29, 1.82) is 0 Å². The first kappa shape index (κ1) is 10.6. The number of anilines is 1. The first-order chi connectivity index (χ1) is 7.86. The van der Waals surface area contributed by atoms with Crippen LogP contribution in [0.4, 0.5) is 5.69 Å². The Bertz CT molecular complexity index is 457. The monoisotopic (exact) mass is 213 g/mol. The number of aryl methyl sites for hydroxylation is 1. The van der Waals surface area contributed by atoms with Crippen molar-refractivity contribution >= 4 is 11.8 Å². The van der Waals surface area contributed by atoms with E-state index in [1.165, 1.54) is 11.3 Å². The Labute approximate surface area is 95.6 Å². The molecule has 2 aromatic rings. The van der Waals surface area contributed by atoms with Gasteiger partial charge in [0.05, 0.1) is 6.26 Å². The Kier molecular flexibility index (Phi) is 3.44. The van der Waals surface area contributed by atoms with Gasteiger partial charge in [0.25, 0.3) is 0 Å². The van der Waals surface area contributed by atoms with Gasteiger partial charge in [0.1, 0.15) is 5.76 Å². The van der Waals surface area contributed by atoms with Gasteiger partial charge in [-0.25, -0.2) is 0 Å². The molecule has 82 valence electrons. The average molecular weight is 213 g/mol. The Morgan fingerprint density at radius 3 is 2.81 bits per heavy atom. The van der Waals surface area contributed by atoms with Crippen LogP contribution in [0.25, 0.3) is 6.08 Å². The zero-order chi connectivity index (χ0) is 11.2. The fraction of sp³-hybridized carbons (Fsp3) is 0.143. The Morgan fingerprint density at radius 2 is 2.06 bits per heavy atom. The van der Waals surface area contributed by atoms with Crippen LogP contribution in [0.3, 0.4) is 0 Å². The van der Waals surface area contributed by atoms with E-state index in [1.807, 2.05) is 36.4 Å². The van der Waals surface area contributed by atoms with Gasteiger partial charge >= 0.3 is 0 Å². The molecule has 0 aliphatic carbocycles. The van der Waals surface area contributed by atoms with Crippen LogP contribution in [0.15, 0.2) is 53.2 Å². The van der Waals surface area contributed by atoms with E-state index in [4.69, 9.17) is 4.42 Å². The van der Waals surface area contributed by atoms with E-state index in [0.29, 0.717) is 0 Å². The van der Waals surface area contributed by atoms with E-state index in [0.717, 1.165) is 12.3 Å². The molecule has 1 heterocycles. The number of hydrogen-bond donors (Lipinski definition) is 1. The summed E-state index contributed by atoms with van der Waals surface area (Å²) in [6.45, 7) is 2.89. The standard InChI is InChI=1S/C14H15NO/c1-12-6-2-3-9-14(12)15-10-4-7-13-8-5-11-16-13/h2-9,11,15H,10H2,1H3/b7-4+. The fourth-order valence-electron chi connectivity index (χ4n) is 1.50. The zero-order valence-electron chi connectivity index (χ0n) is 9.31. The first-order valence-electron chi connectivity index (χ1n) is 5.36. The van der Waals surface area contributed by atoms with Gasteiger partial charge in [0, 0.05) is 12.2 Å². The SMILES string of the molecule is Cc1ccccc1NC/C=C/c1ccco1. The molecular weight excluding hydrogens is 198 g/mol. The molecule has 0 saturated heterocycles. The highest BCUT2D eigenvalue weighted by Gasteiger charge is 1.93. The van der Waals surface area contributed by atoms with Crippen LogP contribution >= 0.6 is 0 Å². The van der Waals surface area contributed by atoms with Crippen LogP contribution in [0.1, 0.15) is 11.3 Å². The third-order valence-electron chi connectivity index (χ3n) is 2.38. The Morgan fingerprint density at radius 1 is 1.19 bits per heavy atom. The predicted octanol–water partition coefficient (Wildman–Crippen LogP) is 3.71. The maximum atomic E-state index is 5.19. The summed E-state index contributed by atoms with van der Waals surface area (Å²) in [5.74, 6) is 0.881. The van der Waals surface area contributed by atoms with Crippen molar-refractivity contribution in [3.8, 4) is 0 Å². The van der Waals surface area contributed by atoms with Crippen LogP contribution in [-0.4, -0.2) is 6.54 Å². The minimum atomic E-state index is 0.797. The van der Waals surface area contributed by atoms with Gasteiger partial charge in [-0.15, -0.1) is 0 Å². The summed E-state index contributed by atoms with van der Waals surface area (Å²) in [4.78, 5) is 0. The Hall–Kier alpha value is -1.96. The molecule has 0 amide bonds. The maximum Gasteiger partial charge on any atom is 0.126 e. The zero-order valence-corrected chi connectivity index (χ0v) is 9.31. The fourth-order valence-corrected chi connectivity index (χ4v) is 1.50. The lowest BCUT2D eigenvalue weighted by atomic mass is 10.2. The summed E-state index contributed by atoms with van der Waals surface area (Å²) in [7, 11) is 0. The van der Waals surface area contributed by atoms with Crippen LogP contribution in [0.2, 0.25) is 0 Å². The number of nitrogens with one attached hydrogen (secondary N) is 1. The van der Waals surface area contributed by atoms with Crippen molar-refractivity contribution in [2.75, 3.05) is 11.9 Å². The lowest BCUT2D eigenvalue weighted by Gasteiger charge is -2.05. The summed E-state index contributed by atoms with van der Waals surface area (Å²) in [5.41, 5.74) is 2.43. The second-order valence-corrected chi connectivity index (χ2v) is 3.61. The minimum Gasteiger partial charge on any atom is -0.465 e. The summed E-state index contributed by atoms with van der Waals surface area (Å²) in [6, 6.07) is 12.1. The molecule has 2 rings (SSSR count). The molecule has 0 bridgehead atoms. The van der Waals surface area contributed by atoms with Crippen molar-refractivity contribution in [2.24, 2.45) is 0 Å². The molecule has 2 heteroatoms. The van der Waals surface area contributed by atoms with Crippen molar-refractivity contribution in [1.82, 2.24) is 0 Å². The molecular formula is C14H15NO. The highest BCUT2D eigenvalue weighted by atomic mass is 16.3. The van der Waals surface area contributed by atoms with Crippen LogP contribution in [0.5, 0.6) is 0 Å². The highest BCUT2D eigenvalue weighted by molar-refractivity contribution is 5.51. The van der Waals surface area contributed by atoms with Gasteiger partial charge in [-0.1, -0.05) is 24.3 Å². The van der Waals surface area contributed by atoms with Gasteiger partial charge in [0.2, 0.25) is 0 Å². The molecule has 0 unspecified atom stereocenters. The van der Waals surface area contributed by atoms with Crippen LogP contribution in [-0.2, 0) is 0 Å². The highest BCUT2D eigenvalue weighted by Crippen LogP contribution is 2.12. The smallest absolute Gasteiger partial charge is 0.126 e. The predicted molar refractivity (Wildman–Crippen MR) is 67.4 cm³/mol. The molecule has 1 N–H and O–H groups in total. The number of rotatable bonds is 4. The molecule has 16 heavy (non-hydrogen) atoms. The number of para-hydroxylation sites is 1. The van der Waals surface area contributed by atoms with E-state index >= 15 is 0 Å². The average Bonchev–Trinajstić information content (AvgIpc) is 2.79. The first-order valence-corrected chi connectivity index (χ1v) is 5.36. The molecule has 1 aromatic carbocycles. The molecule has 1 aromatic heterocycles. The van der Waals surface area contributed by atoms with E-state index in [-0.39, 0.29) is 0 Å². The lowest BCUT2D eigenvalue weighted by molar-refractivity contribution is 0.557. The van der Waals surface area contributed by atoms with Crippen molar-refractivity contribution in [3.63, 3.8) is 0 Å². The molecule has 0 saturated carbocycles. The normalized spacial score (nSPS) is 10.8. The summed E-state index contributed by atoms with van der Waals surface area (Å²) < 4.78 is 5.19. The van der Waals surface area contributed by atoms with E-state index in [1.54, 1.807) is 6.26 Å². The van der Waals surface area contributed by atoms with Crippen molar-refractivity contribution in [2.45, 2.75) is 6.92 Å². The maximum absolute atomic E-state index is 5.19. The Balaban J connectivity index is 1.87. The topological polar surface area (TPSA) is 25.2 Å². The third-order valence-corrected chi connectivity index (χ3v) is 2.38. The molecule has 2 nitrogen and oxygen atoms in total. The van der Waals surface area contributed by atoms with Crippen molar-refractivity contribution < 1.29 is 4.42 Å². The summed E-state index contributed by atoms with van der Waals surface area (Å²) >= 11 is 0. The number of furan rings is 1. The number of hydrogen-bond acceptors (Lipinski definition) is 2. The van der Waals surface area contributed by atoms with Gasteiger partial charge in [-0.2, -0.15) is 0 Å². The second-order valence-electron chi connectivity index (χ2n) is 3.61. The van der Waals surface area contributed by atoms with Gasteiger partial charge in [-0.3, -0.25) is 0 Å². The molecule has 0 aliphatic heterocycles. The third kappa shape index (κ3) is 2.76. The lowest BCUT2D eigenvalue weighted by Crippen LogP contribution is -1.99. The van der Waals surface area contributed by atoms with Gasteiger partial charge in [-0.05, 0) is 36.8 Å². The van der Waals surface area contributed by atoms with E-state index < -0.39 is 0 Å². The van der Waals surface area contributed by atoms with Gasteiger partial charge < -0.3 is 9.73 Å². The van der Waals surface area contributed by atoms with Gasteiger partial charge in [0.15, 0.2) is 0 Å². The molecule has 0 spiro atoms. The second kappa shape index (κ2) is 5.21.